The number of rotatable bonds is 5. The first-order valence-corrected chi connectivity index (χ1v) is 6.31. The Morgan fingerprint density at radius 3 is 2.33 bits per heavy atom. The molecule has 0 aliphatic carbocycles. The third-order valence-corrected chi connectivity index (χ3v) is 3.50. The van der Waals surface area contributed by atoms with Gasteiger partial charge in [0.05, 0.1) is 29.9 Å². The summed E-state index contributed by atoms with van der Waals surface area (Å²) in [6, 6.07) is 5.65. The molecule has 1 amide bonds. The lowest BCUT2D eigenvalue weighted by Crippen LogP contribution is -2.32. The van der Waals surface area contributed by atoms with Crippen molar-refractivity contribution in [1.29, 1.82) is 10.5 Å². The average molecular weight is 262 g/mol. The van der Waals surface area contributed by atoms with E-state index in [1.54, 1.807) is 6.07 Å². The molecule has 1 aromatic heterocycles. The summed E-state index contributed by atoms with van der Waals surface area (Å²) in [6.07, 6.45) is 0.522. The summed E-state index contributed by atoms with van der Waals surface area (Å²) >= 11 is 1.34. The van der Waals surface area contributed by atoms with Crippen molar-refractivity contribution in [1.82, 2.24) is 4.90 Å². The van der Waals surface area contributed by atoms with Gasteiger partial charge in [-0.05, 0) is 13.0 Å². The normalized spacial score (nSPS) is 9.50. The lowest BCUT2D eigenvalue weighted by Gasteiger charge is -2.19. The van der Waals surface area contributed by atoms with Crippen LogP contribution in [0.2, 0.25) is 0 Å². The molecule has 0 unspecified atom stereocenters. The fraction of sp³-hybridized carbons (Fsp3) is 0.417. The van der Waals surface area contributed by atoms with Crippen LogP contribution in [0.1, 0.15) is 27.4 Å². The van der Waals surface area contributed by atoms with Crippen LogP contribution in [-0.2, 0) is 0 Å². The predicted molar refractivity (Wildman–Crippen MR) is 69.8 cm³/mol. The van der Waals surface area contributed by atoms with Gasteiger partial charge in [0.1, 0.15) is 0 Å². The van der Waals surface area contributed by atoms with E-state index in [0.29, 0.717) is 23.7 Å². The van der Waals surface area contributed by atoms with Gasteiger partial charge in [-0.2, -0.15) is 10.5 Å². The SMILES string of the molecule is Cc1sc(C(=O)N(CCC#N)CCC#N)cc1N. The number of hydrogen-bond acceptors (Lipinski definition) is 5. The van der Waals surface area contributed by atoms with E-state index in [4.69, 9.17) is 16.3 Å². The van der Waals surface area contributed by atoms with Crippen LogP contribution in [0, 0.1) is 29.6 Å². The van der Waals surface area contributed by atoms with Crippen LogP contribution in [0.25, 0.3) is 0 Å². The first kappa shape index (κ1) is 14.0. The molecule has 0 fully saturated rings. The molecule has 2 N–H and O–H groups in total. The second-order valence-corrected chi connectivity index (χ2v) is 4.99. The van der Waals surface area contributed by atoms with E-state index in [9.17, 15) is 4.79 Å². The molecule has 0 aromatic carbocycles. The van der Waals surface area contributed by atoms with Crippen LogP contribution < -0.4 is 5.73 Å². The average Bonchev–Trinajstić information content (AvgIpc) is 2.69. The molecule has 0 aliphatic rings. The minimum atomic E-state index is -0.162. The molecule has 1 rings (SSSR count). The highest BCUT2D eigenvalue weighted by Gasteiger charge is 2.18. The number of carbonyl (C=O) groups is 1. The largest absolute Gasteiger partial charge is 0.398 e. The van der Waals surface area contributed by atoms with E-state index < -0.39 is 0 Å². The van der Waals surface area contributed by atoms with E-state index in [1.807, 2.05) is 19.1 Å². The molecule has 0 radical (unpaired) electrons. The number of nitrogens with zero attached hydrogens (tertiary/aromatic N) is 3. The van der Waals surface area contributed by atoms with Gasteiger partial charge in [0.15, 0.2) is 0 Å². The highest BCUT2D eigenvalue weighted by atomic mass is 32.1. The lowest BCUT2D eigenvalue weighted by molar-refractivity contribution is 0.0767. The van der Waals surface area contributed by atoms with E-state index in [2.05, 4.69) is 0 Å². The van der Waals surface area contributed by atoms with E-state index >= 15 is 0 Å². The third kappa shape index (κ3) is 3.47. The number of thiophene rings is 1. The number of nitriles is 2. The Bertz CT molecular complexity index is 472. The second-order valence-electron chi connectivity index (χ2n) is 3.73. The van der Waals surface area contributed by atoms with Gasteiger partial charge in [0, 0.05) is 23.7 Å². The number of aryl methyl sites for hydroxylation is 1. The molecule has 0 spiro atoms. The zero-order valence-electron chi connectivity index (χ0n) is 10.1. The third-order valence-electron chi connectivity index (χ3n) is 2.44. The number of hydrogen-bond donors (Lipinski definition) is 1. The number of nitrogen functional groups attached to an aromatic ring is 1. The van der Waals surface area contributed by atoms with Gasteiger partial charge < -0.3 is 10.6 Å². The number of nitrogens with two attached hydrogens (primary N) is 1. The van der Waals surface area contributed by atoms with Crippen LogP contribution in [0.5, 0.6) is 0 Å². The molecule has 0 bridgehead atoms. The zero-order valence-corrected chi connectivity index (χ0v) is 11.0. The fourth-order valence-electron chi connectivity index (χ4n) is 1.44. The lowest BCUT2D eigenvalue weighted by atomic mass is 10.3. The monoisotopic (exact) mass is 262 g/mol. The molecule has 0 aliphatic heterocycles. The van der Waals surface area contributed by atoms with Crippen molar-refractivity contribution in [3.8, 4) is 12.1 Å². The van der Waals surface area contributed by atoms with E-state index in [-0.39, 0.29) is 18.7 Å². The number of amides is 1. The summed E-state index contributed by atoms with van der Waals surface area (Å²) < 4.78 is 0. The first-order valence-electron chi connectivity index (χ1n) is 5.49. The van der Waals surface area contributed by atoms with Gasteiger partial charge in [-0.25, -0.2) is 0 Å². The van der Waals surface area contributed by atoms with Crippen molar-refractivity contribution >= 4 is 22.9 Å². The van der Waals surface area contributed by atoms with Crippen LogP contribution in [0.3, 0.4) is 0 Å². The summed E-state index contributed by atoms with van der Waals surface area (Å²) in [5.41, 5.74) is 6.31. The minimum Gasteiger partial charge on any atom is -0.398 e. The van der Waals surface area contributed by atoms with Crippen molar-refractivity contribution < 1.29 is 4.79 Å². The molecule has 5 nitrogen and oxygen atoms in total. The van der Waals surface area contributed by atoms with Gasteiger partial charge in [-0.1, -0.05) is 0 Å². The molecule has 1 heterocycles. The topological polar surface area (TPSA) is 93.9 Å². The highest BCUT2D eigenvalue weighted by Crippen LogP contribution is 2.24. The van der Waals surface area contributed by atoms with E-state index in [0.717, 1.165) is 4.88 Å². The summed E-state index contributed by atoms with van der Waals surface area (Å²) in [6.45, 7) is 2.54. The van der Waals surface area contributed by atoms with Gasteiger partial charge >= 0.3 is 0 Å². The smallest absolute Gasteiger partial charge is 0.264 e. The van der Waals surface area contributed by atoms with Crippen molar-refractivity contribution in [3.63, 3.8) is 0 Å². The Hall–Kier alpha value is -2.05. The van der Waals surface area contributed by atoms with Crippen LogP contribution in [0.15, 0.2) is 6.07 Å². The van der Waals surface area contributed by atoms with E-state index in [1.165, 1.54) is 16.2 Å². The maximum absolute atomic E-state index is 12.2. The zero-order chi connectivity index (χ0) is 13.5. The molecular formula is C12H14N4OS. The summed E-state index contributed by atoms with van der Waals surface area (Å²) in [7, 11) is 0. The Kier molecular flexibility index (Phi) is 5.16. The molecule has 0 saturated heterocycles. The Labute approximate surface area is 110 Å². The number of anilines is 1. The molecular weight excluding hydrogens is 248 g/mol. The standard InChI is InChI=1S/C12H14N4OS/c1-9-10(15)8-11(18-9)12(17)16(6-2-4-13)7-3-5-14/h8H,2-3,6-7,15H2,1H3. The van der Waals surface area contributed by atoms with Gasteiger partial charge in [-0.3, -0.25) is 4.79 Å². The van der Waals surface area contributed by atoms with Crippen LogP contribution in [0.4, 0.5) is 5.69 Å². The predicted octanol–water partition coefficient (Wildman–Crippen LogP) is 1.91. The molecule has 94 valence electrons. The van der Waals surface area contributed by atoms with Gasteiger partial charge in [-0.15, -0.1) is 11.3 Å². The fourth-order valence-corrected chi connectivity index (χ4v) is 2.35. The molecule has 18 heavy (non-hydrogen) atoms. The maximum atomic E-state index is 12.2. The van der Waals surface area contributed by atoms with Crippen molar-refractivity contribution in [2.24, 2.45) is 0 Å². The first-order chi connectivity index (χ1) is 8.60. The molecule has 6 heteroatoms. The Morgan fingerprint density at radius 1 is 1.39 bits per heavy atom. The Morgan fingerprint density at radius 2 is 1.94 bits per heavy atom. The van der Waals surface area contributed by atoms with Crippen LogP contribution in [-0.4, -0.2) is 23.9 Å². The summed E-state index contributed by atoms with van der Waals surface area (Å²) in [5, 5.41) is 17.1. The quantitative estimate of drug-likeness (QED) is 0.876. The summed E-state index contributed by atoms with van der Waals surface area (Å²) in [5.74, 6) is -0.162. The van der Waals surface area contributed by atoms with Gasteiger partial charge in [0.2, 0.25) is 0 Å². The molecule has 0 atom stereocenters. The Balaban J connectivity index is 2.81. The minimum absolute atomic E-state index is 0.162. The molecule has 1 aromatic rings. The van der Waals surface area contributed by atoms with Gasteiger partial charge in [0.25, 0.3) is 5.91 Å². The maximum Gasteiger partial charge on any atom is 0.264 e. The van der Waals surface area contributed by atoms with Crippen molar-refractivity contribution in [2.75, 3.05) is 18.8 Å². The van der Waals surface area contributed by atoms with Crippen molar-refractivity contribution in [2.45, 2.75) is 19.8 Å². The number of carbonyl (C=O) groups excluding carboxylic acids is 1. The van der Waals surface area contributed by atoms with Crippen LogP contribution >= 0.6 is 11.3 Å². The second kappa shape index (κ2) is 6.63. The highest BCUT2D eigenvalue weighted by molar-refractivity contribution is 7.14. The molecule has 0 saturated carbocycles. The summed E-state index contributed by atoms with van der Waals surface area (Å²) in [4.78, 5) is 15.2. The van der Waals surface area contributed by atoms with Crippen molar-refractivity contribution in [3.05, 3.63) is 15.8 Å².